The first-order valence-corrected chi connectivity index (χ1v) is 8.27. The number of halogens is 1. The van der Waals surface area contributed by atoms with Crippen molar-refractivity contribution in [2.75, 3.05) is 20.1 Å². The van der Waals surface area contributed by atoms with Gasteiger partial charge in [-0.1, -0.05) is 26.0 Å². The van der Waals surface area contributed by atoms with Crippen molar-refractivity contribution in [3.63, 3.8) is 0 Å². The second-order valence-corrected chi connectivity index (χ2v) is 6.24. The number of hydrogen-bond acceptors (Lipinski definition) is 2. The van der Waals surface area contributed by atoms with Crippen molar-refractivity contribution < 1.29 is 4.39 Å². The molecule has 0 spiro atoms. The lowest BCUT2D eigenvalue weighted by molar-refractivity contribution is 0.0646. The zero-order valence-corrected chi connectivity index (χ0v) is 13.9. The summed E-state index contributed by atoms with van der Waals surface area (Å²) in [5, 5.41) is 3.52. The van der Waals surface area contributed by atoms with Crippen LogP contribution in [-0.4, -0.2) is 30.6 Å². The van der Waals surface area contributed by atoms with Gasteiger partial charge < -0.3 is 5.32 Å². The Balaban J connectivity index is 2.41. The minimum absolute atomic E-state index is 0.117. The molecule has 0 radical (unpaired) electrons. The molecule has 1 aromatic rings. The zero-order valence-electron chi connectivity index (χ0n) is 13.9. The van der Waals surface area contributed by atoms with Crippen molar-refractivity contribution in [2.24, 2.45) is 0 Å². The maximum absolute atomic E-state index is 13.6. The van der Waals surface area contributed by atoms with E-state index in [4.69, 9.17) is 0 Å². The molecule has 0 saturated carbocycles. The van der Waals surface area contributed by atoms with Gasteiger partial charge in [-0.2, -0.15) is 0 Å². The number of nitrogens with one attached hydrogen (secondary N) is 1. The van der Waals surface area contributed by atoms with Crippen molar-refractivity contribution >= 4 is 0 Å². The van der Waals surface area contributed by atoms with E-state index in [-0.39, 0.29) is 17.4 Å². The van der Waals surface area contributed by atoms with Gasteiger partial charge >= 0.3 is 0 Å². The van der Waals surface area contributed by atoms with Gasteiger partial charge in [-0.05, 0) is 69.9 Å². The van der Waals surface area contributed by atoms with Crippen LogP contribution in [0, 0.1) is 12.7 Å². The predicted molar refractivity (Wildman–Crippen MR) is 87.1 cm³/mol. The third-order valence-electron chi connectivity index (χ3n) is 5.30. The first-order chi connectivity index (χ1) is 10.1. The molecule has 1 N–H and O–H groups in total. The smallest absolute Gasteiger partial charge is 0.126 e. The molecule has 0 bridgehead atoms. The van der Waals surface area contributed by atoms with E-state index in [2.05, 4.69) is 24.1 Å². The van der Waals surface area contributed by atoms with Crippen LogP contribution in [-0.2, 0) is 0 Å². The van der Waals surface area contributed by atoms with Crippen LogP contribution >= 0.6 is 0 Å². The minimum atomic E-state index is -0.117. The summed E-state index contributed by atoms with van der Waals surface area (Å²) in [6.45, 7) is 8.77. The minimum Gasteiger partial charge on any atom is -0.311 e. The number of likely N-dealkylation sites (tertiary alicyclic amines) is 1. The largest absolute Gasteiger partial charge is 0.311 e. The van der Waals surface area contributed by atoms with Crippen LogP contribution in [0.1, 0.15) is 56.7 Å². The Kier molecular flexibility index (Phi) is 5.39. The van der Waals surface area contributed by atoms with Crippen molar-refractivity contribution in [3.8, 4) is 0 Å². The second kappa shape index (κ2) is 6.89. The van der Waals surface area contributed by atoms with Crippen LogP contribution in [0.3, 0.4) is 0 Å². The average molecular weight is 292 g/mol. The van der Waals surface area contributed by atoms with Crippen LogP contribution < -0.4 is 5.32 Å². The monoisotopic (exact) mass is 292 g/mol. The van der Waals surface area contributed by atoms with Gasteiger partial charge in [-0.15, -0.1) is 0 Å². The molecule has 2 nitrogen and oxygen atoms in total. The fourth-order valence-electron chi connectivity index (χ4n) is 4.04. The first kappa shape index (κ1) is 16.4. The Morgan fingerprint density at radius 2 is 1.86 bits per heavy atom. The van der Waals surface area contributed by atoms with Crippen LogP contribution in [0.5, 0.6) is 0 Å². The molecule has 2 rings (SSSR count). The maximum atomic E-state index is 13.6. The molecule has 1 unspecified atom stereocenters. The predicted octanol–water partition coefficient (Wildman–Crippen LogP) is 4.05. The van der Waals surface area contributed by atoms with Crippen LogP contribution in [0.2, 0.25) is 0 Å². The van der Waals surface area contributed by atoms with Gasteiger partial charge in [0.25, 0.3) is 0 Å². The first-order valence-electron chi connectivity index (χ1n) is 8.27. The Morgan fingerprint density at radius 1 is 1.24 bits per heavy atom. The molecule has 1 fully saturated rings. The van der Waals surface area contributed by atoms with Gasteiger partial charge in [0, 0.05) is 5.54 Å². The lowest BCUT2D eigenvalue weighted by Crippen LogP contribution is -2.54. The van der Waals surface area contributed by atoms with Gasteiger partial charge in [0.2, 0.25) is 0 Å². The Labute approximate surface area is 128 Å². The highest BCUT2D eigenvalue weighted by Gasteiger charge is 2.42. The summed E-state index contributed by atoms with van der Waals surface area (Å²) in [7, 11) is 2.03. The summed E-state index contributed by atoms with van der Waals surface area (Å²) in [6.07, 6.45) is 4.79. The van der Waals surface area contributed by atoms with Crippen LogP contribution in [0.15, 0.2) is 18.2 Å². The second-order valence-electron chi connectivity index (χ2n) is 6.24. The van der Waals surface area contributed by atoms with Gasteiger partial charge in [0.15, 0.2) is 0 Å². The van der Waals surface area contributed by atoms with E-state index in [1.807, 2.05) is 26.1 Å². The molecular weight excluding hydrogens is 263 g/mol. The zero-order chi connectivity index (χ0) is 15.5. The van der Waals surface area contributed by atoms with Crippen molar-refractivity contribution in [2.45, 2.75) is 58.0 Å². The molecule has 1 saturated heterocycles. The van der Waals surface area contributed by atoms with Gasteiger partial charge in [0.05, 0.1) is 6.04 Å². The molecule has 0 aromatic heterocycles. The van der Waals surface area contributed by atoms with E-state index < -0.39 is 0 Å². The van der Waals surface area contributed by atoms with E-state index in [1.54, 1.807) is 6.07 Å². The number of hydrogen-bond donors (Lipinski definition) is 1. The van der Waals surface area contributed by atoms with Crippen molar-refractivity contribution in [3.05, 3.63) is 35.1 Å². The summed E-state index contributed by atoms with van der Waals surface area (Å²) in [6, 6.07) is 5.80. The lowest BCUT2D eigenvalue weighted by Gasteiger charge is -2.47. The highest BCUT2D eigenvalue weighted by molar-refractivity contribution is 5.29. The summed E-state index contributed by atoms with van der Waals surface area (Å²) >= 11 is 0. The van der Waals surface area contributed by atoms with Crippen LogP contribution in [0.4, 0.5) is 4.39 Å². The fourth-order valence-corrected chi connectivity index (χ4v) is 4.04. The molecular formula is C18H29FN2. The third-order valence-corrected chi connectivity index (χ3v) is 5.30. The van der Waals surface area contributed by atoms with Gasteiger partial charge in [0.1, 0.15) is 5.82 Å². The Bertz CT molecular complexity index is 462. The number of benzene rings is 1. The van der Waals surface area contributed by atoms with Gasteiger partial charge in [-0.3, -0.25) is 4.90 Å². The highest BCUT2D eigenvalue weighted by atomic mass is 19.1. The molecule has 1 aliphatic rings. The molecule has 0 aliphatic carbocycles. The lowest BCUT2D eigenvalue weighted by atomic mass is 9.79. The van der Waals surface area contributed by atoms with Crippen molar-refractivity contribution in [1.82, 2.24) is 10.2 Å². The van der Waals surface area contributed by atoms with E-state index in [0.29, 0.717) is 0 Å². The SMILES string of the molecule is CCC(CC)(C(NC)c1ccc(F)c(C)c1)N1CCCC1. The molecule has 3 heteroatoms. The molecule has 0 amide bonds. The standard InChI is InChI=1S/C18H29FN2/c1-5-18(6-2,21-11-7-8-12-21)17(20-4)15-9-10-16(19)14(3)13-15/h9-10,13,17,20H,5-8,11-12H2,1-4H3. The molecule has 1 aliphatic heterocycles. The molecule has 118 valence electrons. The third kappa shape index (κ3) is 3.00. The summed E-state index contributed by atoms with van der Waals surface area (Å²) in [5.41, 5.74) is 2.05. The van der Waals surface area contributed by atoms with E-state index in [0.717, 1.165) is 18.4 Å². The quantitative estimate of drug-likeness (QED) is 0.851. The number of rotatable bonds is 6. The van der Waals surface area contributed by atoms with Crippen molar-refractivity contribution in [1.29, 1.82) is 0 Å². The average Bonchev–Trinajstić information content (AvgIpc) is 3.02. The fraction of sp³-hybridized carbons (Fsp3) is 0.667. The highest BCUT2D eigenvalue weighted by Crippen LogP contribution is 2.39. The topological polar surface area (TPSA) is 15.3 Å². The summed E-state index contributed by atoms with van der Waals surface area (Å²) in [4.78, 5) is 2.65. The molecule has 1 heterocycles. The number of nitrogens with zero attached hydrogens (tertiary/aromatic N) is 1. The molecule has 1 aromatic carbocycles. The molecule has 1 atom stereocenters. The number of aryl methyl sites for hydroxylation is 1. The summed E-state index contributed by atoms with van der Waals surface area (Å²) < 4.78 is 13.6. The van der Waals surface area contributed by atoms with E-state index >= 15 is 0 Å². The van der Waals surface area contributed by atoms with E-state index in [1.165, 1.54) is 31.5 Å². The van der Waals surface area contributed by atoms with Crippen LogP contribution in [0.25, 0.3) is 0 Å². The summed E-state index contributed by atoms with van der Waals surface area (Å²) in [5.74, 6) is -0.117. The number of likely N-dealkylation sites (N-methyl/N-ethyl adjacent to an activating group) is 1. The maximum Gasteiger partial charge on any atom is 0.126 e. The molecule has 21 heavy (non-hydrogen) atoms. The van der Waals surface area contributed by atoms with E-state index in [9.17, 15) is 4.39 Å². The normalized spacial score (nSPS) is 18.1. The Morgan fingerprint density at radius 3 is 2.33 bits per heavy atom. The Hall–Kier alpha value is -0.930. The van der Waals surface area contributed by atoms with Gasteiger partial charge in [-0.25, -0.2) is 4.39 Å².